The molecule has 0 unspecified atom stereocenters. The zero-order chi connectivity index (χ0) is 15.1. The molecule has 0 heterocycles. The lowest BCUT2D eigenvalue weighted by Crippen LogP contribution is -2.11. The molecular formula is C18H40Si. The molecule has 0 spiro atoms. The van der Waals surface area contributed by atoms with Crippen LogP contribution in [0.5, 0.6) is 0 Å². The van der Waals surface area contributed by atoms with E-state index < -0.39 is 8.73 Å². The second kappa shape index (κ2) is 16.3. The van der Waals surface area contributed by atoms with Crippen LogP contribution in [0.2, 0.25) is 18.1 Å². The van der Waals surface area contributed by atoms with E-state index in [1.807, 2.05) is 0 Å². The molecule has 0 N–H and O–H groups in total. The highest BCUT2D eigenvalue weighted by Gasteiger charge is 2.09. The second-order valence-electron chi connectivity index (χ2n) is 6.18. The van der Waals surface area contributed by atoms with Crippen LogP contribution in [-0.2, 0) is 0 Å². The fraction of sp³-hybridized carbons (Fsp3) is 1.00. The Bertz CT molecular complexity index is 163. The summed E-state index contributed by atoms with van der Waals surface area (Å²) in [6.07, 6.45) is 16.2. The molecule has 0 aromatic rings. The Morgan fingerprint density at radius 3 is 1.11 bits per heavy atom. The Kier molecular flexibility index (Phi) is 14.8. The first-order valence-electron chi connectivity index (χ1n) is 9.68. The van der Waals surface area contributed by atoms with Crippen LogP contribution >= 0.6 is 0 Å². The van der Waals surface area contributed by atoms with Crippen molar-refractivity contribution in [3.63, 3.8) is 0 Å². The predicted octanol–water partition coefficient (Wildman–Crippen LogP) is 6.95. The van der Waals surface area contributed by atoms with Gasteiger partial charge in [0, 0.05) is 9.96 Å². The van der Waals surface area contributed by atoms with Crippen molar-refractivity contribution < 1.29 is 0 Å². The van der Waals surface area contributed by atoms with E-state index >= 15 is 0 Å². The van der Waals surface area contributed by atoms with Gasteiger partial charge in [-0.1, -0.05) is 116 Å². The topological polar surface area (TPSA) is 0 Å². The summed E-state index contributed by atoms with van der Waals surface area (Å²) in [6.45, 7) is 6.84. The van der Waals surface area contributed by atoms with Crippen LogP contribution < -0.4 is 0 Å². The number of hydrogen-bond acceptors (Lipinski definition) is 0. The molecule has 116 valence electrons. The molecule has 0 saturated carbocycles. The Morgan fingerprint density at radius 2 is 0.842 bits per heavy atom. The van der Waals surface area contributed by atoms with Gasteiger partial charge in [0.05, 0.1) is 0 Å². The van der Waals surface area contributed by atoms with E-state index in [1.54, 1.807) is 0 Å². The molecule has 0 aromatic heterocycles. The van der Waals surface area contributed by atoms with E-state index in [1.165, 1.54) is 95.2 Å². The summed E-state index contributed by atoms with van der Waals surface area (Å²) in [4.78, 5) is 0. The molecule has 0 aliphatic rings. The van der Waals surface area contributed by atoms with Crippen molar-refractivity contribution in [3.05, 3.63) is 0 Å². The third-order valence-electron chi connectivity index (χ3n) is 4.15. The molecule has 0 fully saturated rings. The van der Waals surface area contributed by atoms with Gasteiger partial charge in [-0.15, -0.1) is 0 Å². The van der Waals surface area contributed by atoms with Gasteiger partial charge in [0.25, 0.3) is 0 Å². The average Bonchev–Trinajstić information content (AvgIpc) is 2.45. The van der Waals surface area contributed by atoms with Gasteiger partial charge in [-0.25, -0.2) is 0 Å². The maximum absolute atomic E-state index is 8.97. The van der Waals surface area contributed by atoms with Gasteiger partial charge in [0.2, 0.25) is 0 Å². The quantitative estimate of drug-likeness (QED) is 0.225. The first kappa shape index (κ1) is 17.3. The van der Waals surface area contributed by atoms with Gasteiger partial charge in [-0.05, 0) is 0 Å². The molecular weight excluding hydrogens is 244 g/mol. The zero-order valence-corrected chi connectivity index (χ0v) is 15.1. The van der Waals surface area contributed by atoms with Crippen LogP contribution in [0.4, 0.5) is 0 Å². The highest BCUT2D eigenvalue weighted by molar-refractivity contribution is 6.58. The summed E-state index contributed by atoms with van der Waals surface area (Å²) < 4.78 is 8.97. The minimum Gasteiger partial charge on any atom is -0.0654 e. The van der Waals surface area contributed by atoms with Crippen molar-refractivity contribution in [2.75, 3.05) is 0 Å². The summed E-state index contributed by atoms with van der Waals surface area (Å²) in [5, 5.41) is 0. The van der Waals surface area contributed by atoms with Crippen molar-refractivity contribution in [3.8, 4) is 0 Å². The molecule has 0 saturated heterocycles. The Hall–Kier alpha value is 0.217. The SMILES string of the molecule is [3H][Si](CCCCCC)(CCCCCC)CCCCCC. The predicted molar refractivity (Wildman–Crippen MR) is 94.0 cm³/mol. The van der Waals surface area contributed by atoms with Crippen LogP contribution in [0.15, 0.2) is 0 Å². The lowest BCUT2D eigenvalue weighted by Gasteiger charge is -2.15. The standard InChI is InChI=1S/C18H40Si/c1-4-7-10-13-16-19(17-14-11-8-5-2)18-15-12-9-6-3/h19H,4-18H2,1-3H3/i19T. The minimum atomic E-state index is -1.65. The first-order chi connectivity index (χ1) is 9.68. The van der Waals surface area contributed by atoms with E-state index in [9.17, 15) is 0 Å². The summed E-state index contributed by atoms with van der Waals surface area (Å²) in [5.74, 6) is 0. The molecule has 0 aromatic carbocycles. The van der Waals surface area contributed by atoms with E-state index in [0.717, 1.165) is 0 Å². The fourth-order valence-corrected chi connectivity index (χ4v) is 5.78. The summed E-state index contributed by atoms with van der Waals surface area (Å²) in [7, 11) is -1.65. The maximum atomic E-state index is 8.97. The summed E-state index contributed by atoms with van der Waals surface area (Å²) >= 11 is 0. The van der Waals surface area contributed by atoms with Crippen LogP contribution in [0.1, 0.15) is 97.8 Å². The van der Waals surface area contributed by atoms with Gasteiger partial charge in [0.1, 0.15) is 0 Å². The van der Waals surface area contributed by atoms with E-state index in [-0.39, 0.29) is 0 Å². The Balaban J connectivity index is 3.98. The largest absolute Gasteiger partial charge is 0.0654 e. The smallest absolute Gasteiger partial charge is 0.0367 e. The Morgan fingerprint density at radius 1 is 0.526 bits per heavy atom. The van der Waals surface area contributed by atoms with Crippen LogP contribution in [-0.4, -0.2) is 9.96 Å². The van der Waals surface area contributed by atoms with Crippen molar-refractivity contribution in [2.24, 2.45) is 0 Å². The molecule has 0 rings (SSSR count). The van der Waals surface area contributed by atoms with Gasteiger partial charge in [0.15, 0.2) is 0 Å². The van der Waals surface area contributed by atoms with E-state index in [2.05, 4.69) is 20.8 Å². The third kappa shape index (κ3) is 14.4. The van der Waals surface area contributed by atoms with Crippen molar-refractivity contribution in [1.82, 2.24) is 0 Å². The second-order valence-corrected chi connectivity index (χ2v) is 9.18. The third-order valence-corrected chi connectivity index (χ3v) is 7.33. The number of hydrogen-bond donors (Lipinski definition) is 0. The van der Waals surface area contributed by atoms with Crippen LogP contribution in [0.25, 0.3) is 0 Å². The number of unbranched alkanes of at least 4 members (excludes halogenated alkanes) is 9. The first-order valence-corrected chi connectivity index (χ1v) is 11.3. The normalized spacial score (nSPS) is 12.7. The molecule has 0 bridgehead atoms. The molecule has 1 heteroatoms. The molecule has 0 aliphatic carbocycles. The number of rotatable bonds is 15. The lowest BCUT2D eigenvalue weighted by atomic mass is 10.2. The highest BCUT2D eigenvalue weighted by Crippen LogP contribution is 2.19. The minimum absolute atomic E-state index is 1.28. The monoisotopic (exact) mass is 286 g/mol. The van der Waals surface area contributed by atoms with E-state index in [4.69, 9.17) is 1.23 Å². The molecule has 0 aliphatic heterocycles. The van der Waals surface area contributed by atoms with Gasteiger partial charge >= 0.3 is 0 Å². The molecule has 19 heavy (non-hydrogen) atoms. The highest BCUT2D eigenvalue weighted by atomic mass is 28.3. The van der Waals surface area contributed by atoms with Crippen LogP contribution in [0, 0.1) is 0 Å². The van der Waals surface area contributed by atoms with E-state index in [0.29, 0.717) is 0 Å². The molecule has 0 atom stereocenters. The maximum Gasteiger partial charge on any atom is 0.0367 e. The van der Waals surface area contributed by atoms with Gasteiger partial charge < -0.3 is 0 Å². The zero-order valence-electron chi connectivity index (χ0n) is 15.1. The lowest BCUT2D eigenvalue weighted by molar-refractivity contribution is 0.672. The summed E-state index contributed by atoms with van der Waals surface area (Å²) in [6, 6.07) is 3.85. The van der Waals surface area contributed by atoms with Gasteiger partial charge in [-0.3, -0.25) is 0 Å². The molecule has 0 amide bonds. The van der Waals surface area contributed by atoms with Crippen molar-refractivity contribution in [1.29, 1.82) is 1.23 Å². The van der Waals surface area contributed by atoms with Crippen molar-refractivity contribution in [2.45, 2.75) is 116 Å². The fourth-order valence-electron chi connectivity index (χ4n) is 2.78. The molecule has 0 nitrogen and oxygen atoms in total. The average molecular weight is 287 g/mol. The van der Waals surface area contributed by atoms with Crippen LogP contribution in [0.3, 0.4) is 0 Å². The Labute approximate surface area is 126 Å². The van der Waals surface area contributed by atoms with Gasteiger partial charge in [-0.2, -0.15) is 0 Å². The molecule has 0 radical (unpaired) electrons. The summed E-state index contributed by atoms with van der Waals surface area (Å²) in [5.41, 5.74) is 0. The van der Waals surface area contributed by atoms with Crippen molar-refractivity contribution >= 4 is 8.73 Å².